The van der Waals surface area contributed by atoms with Crippen molar-refractivity contribution in [1.29, 1.82) is 0 Å². The molecule has 1 rings (SSSR count). The molecule has 0 spiro atoms. The standard InChI is InChI=1S/C9H10O/c1-7(2)8-3-5-9(10)6-4-8/h1,3-7,10H,2H3. The third kappa shape index (κ3) is 1.50. The molecule has 0 amide bonds. The zero-order valence-electron chi connectivity index (χ0n) is 5.91. The fourth-order valence-electron chi connectivity index (χ4n) is 0.778. The lowest BCUT2D eigenvalue weighted by Crippen LogP contribution is -1.84. The van der Waals surface area contributed by atoms with Crippen molar-refractivity contribution < 1.29 is 5.11 Å². The fraction of sp³-hybridized carbons (Fsp3) is 0.222. The second kappa shape index (κ2) is 2.74. The van der Waals surface area contributed by atoms with Crippen LogP contribution in [0, 0.1) is 6.92 Å². The van der Waals surface area contributed by atoms with Gasteiger partial charge in [0.05, 0.1) is 0 Å². The first-order valence-corrected chi connectivity index (χ1v) is 3.24. The van der Waals surface area contributed by atoms with Gasteiger partial charge < -0.3 is 5.11 Å². The maximum absolute atomic E-state index is 8.90. The number of aromatic hydroxyl groups is 1. The highest BCUT2D eigenvalue weighted by Crippen LogP contribution is 2.16. The van der Waals surface area contributed by atoms with E-state index in [0.29, 0.717) is 0 Å². The minimum absolute atomic E-state index is 0.0422. The molecular weight excluding hydrogens is 124 g/mol. The van der Waals surface area contributed by atoms with Crippen LogP contribution in [0.1, 0.15) is 18.4 Å². The van der Waals surface area contributed by atoms with Crippen molar-refractivity contribution >= 4 is 0 Å². The zero-order chi connectivity index (χ0) is 7.56. The van der Waals surface area contributed by atoms with Crippen molar-refractivity contribution in [3.8, 4) is 5.75 Å². The first-order valence-electron chi connectivity index (χ1n) is 3.24. The molecule has 0 heterocycles. The van der Waals surface area contributed by atoms with Crippen molar-refractivity contribution in [3.05, 3.63) is 36.8 Å². The Morgan fingerprint density at radius 1 is 1.30 bits per heavy atom. The largest absolute Gasteiger partial charge is 0.508 e. The molecule has 0 saturated heterocycles. The van der Waals surface area contributed by atoms with Crippen molar-refractivity contribution in [2.24, 2.45) is 0 Å². The van der Waals surface area contributed by atoms with Crippen LogP contribution in [0.5, 0.6) is 5.75 Å². The van der Waals surface area contributed by atoms with Gasteiger partial charge in [0, 0.05) is 0 Å². The topological polar surface area (TPSA) is 20.2 Å². The van der Waals surface area contributed by atoms with E-state index in [1.165, 1.54) is 0 Å². The second-order valence-electron chi connectivity index (χ2n) is 2.38. The highest BCUT2D eigenvalue weighted by atomic mass is 16.3. The third-order valence-corrected chi connectivity index (χ3v) is 1.42. The van der Waals surface area contributed by atoms with Crippen molar-refractivity contribution in [3.63, 3.8) is 0 Å². The average Bonchev–Trinajstić information content (AvgIpc) is 1.88. The molecule has 0 aliphatic heterocycles. The predicted molar refractivity (Wildman–Crippen MR) is 40.8 cm³/mol. The van der Waals surface area contributed by atoms with Gasteiger partial charge in [-0.05, 0) is 30.5 Å². The van der Waals surface area contributed by atoms with Crippen LogP contribution in [0.15, 0.2) is 24.3 Å². The summed E-state index contributed by atoms with van der Waals surface area (Å²) in [4.78, 5) is 0. The van der Waals surface area contributed by atoms with Gasteiger partial charge in [0.1, 0.15) is 5.75 Å². The third-order valence-electron chi connectivity index (χ3n) is 1.42. The first-order chi connectivity index (χ1) is 4.70. The maximum Gasteiger partial charge on any atom is 0.115 e. The molecule has 0 aliphatic carbocycles. The minimum atomic E-state index is 0.0422. The molecule has 2 radical (unpaired) electrons. The Morgan fingerprint density at radius 3 is 2.20 bits per heavy atom. The molecule has 0 saturated carbocycles. The van der Waals surface area contributed by atoms with Crippen LogP contribution in [-0.4, -0.2) is 5.11 Å². The van der Waals surface area contributed by atoms with Crippen molar-refractivity contribution in [1.82, 2.24) is 0 Å². The van der Waals surface area contributed by atoms with Crippen LogP contribution in [0.3, 0.4) is 0 Å². The first kappa shape index (κ1) is 7.13. The highest BCUT2D eigenvalue weighted by molar-refractivity contribution is 5.28. The molecule has 0 aliphatic rings. The summed E-state index contributed by atoms with van der Waals surface area (Å²) in [5.41, 5.74) is 1.04. The summed E-state index contributed by atoms with van der Waals surface area (Å²) >= 11 is 0. The summed E-state index contributed by atoms with van der Waals surface area (Å²) in [6.07, 6.45) is 0. The highest BCUT2D eigenvalue weighted by Gasteiger charge is 1.96. The van der Waals surface area contributed by atoms with Crippen LogP contribution in [0.2, 0.25) is 0 Å². The van der Waals surface area contributed by atoms with Crippen molar-refractivity contribution in [2.75, 3.05) is 0 Å². The summed E-state index contributed by atoms with van der Waals surface area (Å²) in [7, 11) is 0. The van der Waals surface area contributed by atoms with Crippen LogP contribution in [0.25, 0.3) is 0 Å². The monoisotopic (exact) mass is 134 g/mol. The van der Waals surface area contributed by atoms with Crippen LogP contribution in [0.4, 0.5) is 0 Å². The fourth-order valence-corrected chi connectivity index (χ4v) is 0.778. The second-order valence-corrected chi connectivity index (χ2v) is 2.38. The normalized spacial score (nSPS) is 10.3. The van der Waals surface area contributed by atoms with Gasteiger partial charge in [0.25, 0.3) is 0 Å². The number of hydrogen-bond donors (Lipinski definition) is 1. The van der Waals surface area contributed by atoms with E-state index in [1.54, 1.807) is 12.1 Å². The van der Waals surface area contributed by atoms with Gasteiger partial charge in [0.2, 0.25) is 0 Å². The van der Waals surface area contributed by atoms with E-state index in [-0.39, 0.29) is 11.7 Å². The summed E-state index contributed by atoms with van der Waals surface area (Å²) in [5, 5.41) is 8.90. The van der Waals surface area contributed by atoms with E-state index < -0.39 is 0 Å². The Balaban J connectivity index is 2.89. The van der Waals surface area contributed by atoms with E-state index in [9.17, 15) is 0 Å². The van der Waals surface area contributed by atoms with E-state index in [1.807, 2.05) is 19.1 Å². The Labute approximate surface area is 61.3 Å². The lowest BCUT2D eigenvalue weighted by atomic mass is 10.0. The number of hydrogen-bond acceptors (Lipinski definition) is 1. The molecule has 0 fully saturated rings. The van der Waals surface area contributed by atoms with Crippen LogP contribution in [-0.2, 0) is 0 Å². The van der Waals surface area contributed by atoms with Crippen LogP contribution < -0.4 is 0 Å². The van der Waals surface area contributed by atoms with Crippen LogP contribution >= 0.6 is 0 Å². The number of rotatable bonds is 1. The molecule has 10 heavy (non-hydrogen) atoms. The van der Waals surface area contributed by atoms with Gasteiger partial charge in [-0.1, -0.05) is 19.1 Å². The van der Waals surface area contributed by atoms with Gasteiger partial charge in [0.15, 0.2) is 0 Å². The molecule has 0 aromatic heterocycles. The molecule has 0 bridgehead atoms. The molecule has 1 atom stereocenters. The van der Waals surface area contributed by atoms with Gasteiger partial charge in [-0.25, -0.2) is 0 Å². The predicted octanol–water partition coefficient (Wildman–Crippen LogP) is 2.21. The smallest absolute Gasteiger partial charge is 0.115 e. The molecule has 1 nitrogen and oxygen atoms in total. The lowest BCUT2D eigenvalue weighted by molar-refractivity contribution is 0.475. The van der Waals surface area contributed by atoms with E-state index in [0.717, 1.165) is 5.56 Å². The van der Waals surface area contributed by atoms with Gasteiger partial charge in [-0.3, -0.25) is 0 Å². The van der Waals surface area contributed by atoms with E-state index in [4.69, 9.17) is 12.0 Å². The molecule has 52 valence electrons. The average molecular weight is 134 g/mol. The van der Waals surface area contributed by atoms with E-state index in [2.05, 4.69) is 0 Å². The molecule has 1 unspecified atom stereocenters. The summed E-state index contributed by atoms with van der Waals surface area (Å²) in [6, 6.07) is 6.91. The molecule has 1 N–H and O–H groups in total. The molecule has 1 aromatic carbocycles. The van der Waals surface area contributed by atoms with Gasteiger partial charge in [-0.2, -0.15) is 0 Å². The van der Waals surface area contributed by atoms with Crippen molar-refractivity contribution in [2.45, 2.75) is 12.8 Å². The lowest BCUT2D eigenvalue weighted by Gasteiger charge is -2.02. The molecule has 1 heteroatoms. The van der Waals surface area contributed by atoms with Gasteiger partial charge in [-0.15, -0.1) is 0 Å². The SMILES string of the molecule is [CH]C(C)c1ccc(O)cc1. The zero-order valence-corrected chi connectivity index (χ0v) is 5.91. The number of benzene rings is 1. The molecular formula is C9H10O. The van der Waals surface area contributed by atoms with E-state index >= 15 is 0 Å². The summed E-state index contributed by atoms with van der Waals surface area (Å²) in [5.74, 6) is 0.324. The number of phenolic OH excluding ortho intramolecular Hbond substituents is 1. The Morgan fingerprint density at radius 2 is 1.80 bits per heavy atom. The maximum atomic E-state index is 8.90. The minimum Gasteiger partial charge on any atom is -0.508 e. The number of phenols is 1. The summed E-state index contributed by atoms with van der Waals surface area (Å²) < 4.78 is 0. The Hall–Kier alpha value is -0.980. The summed E-state index contributed by atoms with van der Waals surface area (Å²) in [6.45, 7) is 7.49. The quantitative estimate of drug-likeness (QED) is 0.624. The Kier molecular flexibility index (Phi) is 1.95. The Bertz CT molecular complexity index is 198. The molecule has 1 aromatic rings. The van der Waals surface area contributed by atoms with Gasteiger partial charge >= 0.3 is 0 Å².